The lowest BCUT2D eigenvalue weighted by atomic mass is 10.1. The van der Waals surface area contributed by atoms with Gasteiger partial charge in [-0.3, -0.25) is 0 Å². The third kappa shape index (κ3) is 4.45. The monoisotopic (exact) mass is 307 g/mol. The third-order valence-electron chi connectivity index (χ3n) is 3.29. The Morgan fingerprint density at radius 1 is 1.19 bits per heavy atom. The summed E-state index contributed by atoms with van der Waals surface area (Å²) in [6.45, 7) is 5.27. The summed E-state index contributed by atoms with van der Waals surface area (Å²) >= 11 is 5.85. The number of ether oxygens (including phenoxy) is 1. The van der Waals surface area contributed by atoms with Gasteiger partial charge in [-0.2, -0.15) is 0 Å². The Labute approximate surface area is 129 Å². The number of halogens is 2. The fourth-order valence-corrected chi connectivity index (χ4v) is 2.29. The molecule has 0 saturated heterocycles. The van der Waals surface area contributed by atoms with E-state index in [1.165, 1.54) is 17.7 Å². The number of benzene rings is 2. The van der Waals surface area contributed by atoms with Crippen LogP contribution >= 0.6 is 11.6 Å². The van der Waals surface area contributed by atoms with Crippen LogP contribution in [-0.4, -0.2) is 6.54 Å². The van der Waals surface area contributed by atoms with Crippen molar-refractivity contribution in [3.63, 3.8) is 0 Å². The smallest absolute Gasteiger partial charge is 0.129 e. The van der Waals surface area contributed by atoms with Crippen molar-refractivity contribution in [2.24, 2.45) is 0 Å². The molecule has 0 aliphatic rings. The summed E-state index contributed by atoms with van der Waals surface area (Å²) < 4.78 is 19.2. The zero-order chi connectivity index (χ0) is 15.2. The Balaban J connectivity index is 1.99. The Hall–Kier alpha value is -1.58. The average Bonchev–Trinajstić information content (AvgIpc) is 2.49. The molecule has 0 amide bonds. The Kier molecular flexibility index (Phi) is 5.59. The van der Waals surface area contributed by atoms with Crippen molar-refractivity contribution in [1.82, 2.24) is 5.32 Å². The van der Waals surface area contributed by atoms with Crippen molar-refractivity contribution in [3.05, 3.63) is 64.4 Å². The van der Waals surface area contributed by atoms with Gasteiger partial charge in [0, 0.05) is 16.6 Å². The molecule has 0 heterocycles. The quantitative estimate of drug-likeness (QED) is 0.833. The van der Waals surface area contributed by atoms with Crippen molar-refractivity contribution in [2.45, 2.75) is 26.5 Å². The standard InChI is InChI=1S/C17H19ClFNO/c1-3-20-12(2)13-4-7-16(8-5-13)21-11-14-10-15(18)6-9-17(14)19/h4-10,12,20H,3,11H2,1-2H3. The molecule has 2 aromatic carbocycles. The molecule has 2 aromatic rings. The summed E-state index contributed by atoms with van der Waals surface area (Å²) in [6, 6.07) is 12.6. The van der Waals surface area contributed by atoms with Crippen LogP contribution in [0.2, 0.25) is 5.02 Å². The first kappa shape index (κ1) is 15.8. The van der Waals surface area contributed by atoms with Gasteiger partial charge in [0.1, 0.15) is 18.2 Å². The summed E-state index contributed by atoms with van der Waals surface area (Å²) in [5.74, 6) is 0.401. The Morgan fingerprint density at radius 2 is 1.90 bits per heavy atom. The molecule has 0 bridgehead atoms. The van der Waals surface area contributed by atoms with E-state index in [1.807, 2.05) is 24.3 Å². The highest BCUT2D eigenvalue weighted by Gasteiger charge is 2.06. The van der Waals surface area contributed by atoms with Gasteiger partial charge >= 0.3 is 0 Å². The highest BCUT2D eigenvalue weighted by Crippen LogP contribution is 2.20. The van der Waals surface area contributed by atoms with Crippen molar-refractivity contribution in [2.75, 3.05) is 6.54 Å². The van der Waals surface area contributed by atoms with Crippen LogP contribution in [0.4, 0.5) is 4.39 Å². The summed E-state index contributed by atoms with van der Waals surface area (Å²) in [5, 5.41) is 3.85. The van der Waals surface area contributed by atoms with E-state index in [0.717, 1.165) is 6.54 Å². The van der Waals surface area contributed by atoms with E-state index in [-0.39, 0.29) is 12.4 Å². The van der Waals surface area contributed by atoms with E-state index < -0.39 is 0 Å². The molecular weight excluding hydrogens is 289 g/mol. The molecule has 0 fully saturated rings. The van der Waals surface area contributed by atoms with Crippen molar-refractivity contribution < 1.29 is 9.13 Å². The summed E-state index contributed by atoms with van der Waals surface area (Å²) in [4.78, 5) is 0. The molecule has 0 radical (unpaired) electrons. The van der Waals surface area contributed by atoms with E-state index in [9.17, 15) is 4.39 Å². The van der Waals surface area contributed by atoms with Crippen LogP contribution in [0.5, 0.6) is 5.75 Å². The minimum atomic E-state index is -0.309. The highest BCUT2D eigenvalue weighted by molar-refractivity contribution is 6.30. The van der Waals surface area contributed by atoms with Gasteiger partial charge in [-0.05, 0) is 49.4 Å². The first-order valence-corrected chi connectivity index (χ1v) is 7.38. The molecule has 0 aliphatic heterocycles. The van der Waals surface area contributed by atoms with Crippen LogP contribution in [0.1, 0.15) is 31.0 Å². The molecule has 0 saturated carbocycles. The first-order valence-electron chi connectivity index (χ1n) is 7.00. The lowest BCUT2D eigenvalue weighted by Gasteiger charge is -2.13. The predicted molar refractivity (Wildman–Crippen MR) is 84.3 cm³/mol. The van der Waals surface area contributed by atoms with Gasteiger partial charge in [0.2, 0.25) is 0 Å². The minimum absolute atomic E-state index is 0.161. The van der Waals surface area contributed by atoms with E-state index in [2.05, 4.69) is 19.2 Å². The minimum Gasteiger partial charge on any atom is -0.489 e. The predicted octanol–water partition coefficient (Wildman–Crippen LogP) is 4.73. The number of rotatable bonds is 6. The lowest BCUT2D eigenvalue weighted by molar-refractivity contribution is 0.299. The molecule has 2 nitrogen and oxygen atoms in total. The molecule has 0 aromatic heterocycles. The van der Waals surface area contributed by atoms with Gasteiger partial charge in [-0.15, -0.1) is 0 Å². The summed E-state index contributed by atoms with van der Waals surface area (Å²) in [5.41, 5.74) is 1.64. The van der Waals surface area contributed by atoms with E-state index in [1.54, 1.807) is 6.07 Å². The fraction of sp³-hybridized carbons (Fsp3) is 0.294. The Morgan fingerprint density at radius 3 is 2.57 bits per heavy atom. The first-order chi connectivity index (χ1) is 10.1. The van der Waals surface area contributed by atoms with E-state index in [0.29, 0.717) is 22.4 Å². The average molecular weight is 308 g/mol. The van der Waals surface area contributed by atoms with Crippen LogP contribution in [0.25, 0.3) is 0 Å². The van der Waals surface area contributed by atoms with Crippen LogP contribution < -0.4 is 10.1 Å². The second-order valence-corrected chi connectivity index (χ2v) is 5.31. The lowest BCUT2D eigenvalue weighted by Crippen LogP contribution is -2.17. The second-order valence-electron chi connectivity index (χ2n) is 4.87. The molecule has 1 N–H and O–H groups in total. The molecule has 21 heavy (non-hydrogen) atoms. The van der Waals surface area contributed by atoms with E-state index >= 15 is 0 Å². The van der Waals surface area contributed by atoms with Gasteiger partial charge < -0.3 is 10.1 Å². The molecular formula is C17H19ClFNO. The number of hydrogen-bond donors (Lipinski definition) is 1. The number of nitrogens with one attached hydrogen (secondary N) is 1. The fourth-order valence-electron chi connectivity index (χ4n) is 2.09. The van der Waals surface area contributed by atoms with Crippen molar-refractivity contribution in [1.29, 1.82) is 0 Å². The third-order valence-corrected chi connectivity index (χ3v) is 3.53. The van der Waals surface area contributed by atoms with Gasteiger partial charge in [-0.25, -0.2) is 4.39 Å². The van der Waals surface area contributed by atoms with Gasteiger partial charge in [-0.1, -0.05) is 30.7 Å². The van der Waals surface area contributed by atoms with Gasteiger partial charge in [0.05, 0.1) is 0 Å². The molecule has 0 spiro atoms. The molecule has 1 atom stereocenters. The maximum Gasteiger partial charge on any atom is 0.129 e. The molecule has 2 rings (SSSR count). The van der Waals surface area contributed by atoms with Crippen molar-refractivity contribution in [3.8, 4) is 5.75 Å². The highest BCUT2D eigenvalue weighted by atomic mass is 35.5. The van der Waals surface area contributed by atoms with Crippen LogP contribution in [0.3, 0.4) is 0 Å². The maximum absolute atomic E-state index is 13.6. The summed E-state index contributed by atoms with van der Waals surface area (Å²) in [6.07, 6.45) is 0. The number of hydrogen-bond acceptors (Lipinski definition) is 2. The summed E-state index contributed by atoms with van der Waals surface area (Å²) in [7, 11) is 0. The van der Waals surface area contributed by atoms with Gasteiger partial charge in [0.25, 0.3) is 0 Å². The molecule has 112 valence electrons. The Bertz CT molecular complexity index is 586. The van der Waals surface area contributed by atoms with Crippen molar-refractivity contribution >= 4 is 11.6 Å². The largest absolute Gasteiger partial charge is 0.489 e. The van der Waals surface area contributed by atoms with Crippen LogP contribution in [0, 0.1) is 5.82 Å². The normalized spacial score (nSPS) is 12.2. The molecule has 0 aliphatic carbocycles. The molecule has 4 heteroatoms. The topological polar surface area (TPSA) is 21.3 Å². The van der Waals surface area contributed by atoms with Gasteiger partial charge in [0.15, 0.2) is 0 Å². The zero-order valence-corrected chi connectivity index (χ0v) is 13.0. The maximum atomic E-state index is 13.6. The SMILES string of the molecule is CCNC(C)c1ccc(OCc2cc(Cl)ccc2F)cc1. The molecule has 1 unspecified atom stereocenters. The van der Waals surface area contributed by atoms with Crippen LogP contribution in [-0.2, 0) is 6.61 Å². The second kappa shape index (κ2) is 7.43. The van der Waals surface area contributed by atoms with Crippen LogP contribution in [0.15, 0.2) is 42.5 Å². The zero-order valence-electron chi connectivity index (χ0n) is 12.2. The van der Waals surface area contributed by atoms with E-state index in [4.69, 9.17) is 16.3 Å².